The largest absolute Gasteiger partial charge is 0.509 e. The fraction of sp³-hybridized carbons (Fsp3) is 0.889. The molecule has 0 radical (unpaired) electrons. The van der Waals surface area contributed by atoms with Crippen molar-refractivity contribution in [1.82, 2.24) is 0 Å². The van der Waals surface area contributed by atoms with Gasteiger partial charge in [0.2, 0.25) is 0 Å². The molecular formula is C9H21O6P. The fourth-order valence-corrected chi connectivity index (χ4v) is 0.521. The normalized spacial score (nSPS) is 11.6. The van der Waals surface area contributed by atoms with E-state index in [9.17, 15) is 4.79 Å². The van der Waals surface area contributed by atoms with Crippen LogP contribution in [0, 0.1) is 0 Å². The molecule has 0 aliphatic rings. The third-order valence-corrected chi connectivity index (χ3v) is 0.779. The summed E-state index contributed by atoms with van der Waals surface area (Å²) >= 11 is 0. The second-order valence-corrected chi connectivity index (χ2v) is 5.48. The standard InChI is InChI=1S/C9H18O3.H3O3P/c1-8(2,3)11-7(10)12-9(4,5)6;1-4(2)3/h1-6H3;1-3H. The molecular weight excluding hydrogens is 235 g/mol. The van der Waals surface area contributed by atoms with E-state index in [2.05, 4.69) is 0 Å². The third-order valence-electron chi connectivity index (χ3n) is 0.779. The van der Waals surface area contributed by atoms with Crippen molar-refractivity contribution >= 4 is 14.8 Å². The average molecular weight is 256 g/mol. The van der Waals surface area contributed by atoms with Gasteiger partial charge < -0.3 is 24.2 Å². The summed E-state index contributed by atoms with van der Waals surface area (Å²) in [4.78, 5) is 32.7. The molecule has 7 heteroatoms. The minimum Gasteiger partial charge on any atom is -0.429 e. The molecule has 3 N–H and O–H groups in total. The Bertz CT molecular complexity index is 182. The van der Waals surface area contributed by atoms with Gasteiger partial charge in [-0.1, -0.05) is 0 Å². The average Bonchev–Trinajstić information content (AvgIpc) is 1.72. The molecule has 0 aromatic carbocycles. The van der Waals surface area contributed by atoms with Crippen LogP contribution in [-0.4, -0.2) is 32.0 Å². The lowest BCUT2D eigenvalue weighted by Crippen LogP contribution is -2.30. The highest BCUT2D eigenvalue weighted by atomic mass is 31.2. The summed E-state index contributed by atoms with van der Waals surface area (Å²) in [6.45, 7) is 10.8. The van der Waals surface area contributed by atoms with E-state index < -0.39 is 26.0 Å². The summed E-state index contributed by atoms with van der Waals surface area (Å²) < 4.78 is 9.91. The minimum atomic E-state index is -2.62. The lowest BCUT2D eigenvalue weighted by molar-refractivity contribution is -0.0468. The molecule has 0 saturated carbocycles. The van der Waals surface area contributed by atoms with Gasteiger partial charge in [-0.3, -0.25) is 0 Å². The molecule has 6 nitrogen and oxygen atoms in total. The Labute approximate surface area is 97.2 Å². The van der Waals surface area contributed by atoms with Crippen molar-refractivity contribution in [2.75, 3.05) is 0 Å². The lowest BCUT2D eigenvalue weighted by Gasteiger charge is -2.24. The van der Waals surface area contributed by atoms with Crippen LogP contribution in [0.25, 0.3) is 0 Å². The summed E-state index contributed by atoms with van der Waals surface area (Å²) in [6, 6.07) is 0. The lowest BCUT2D eigenvalue weighted by atomic mass is 10.2. The molecule has 0 fully saturated rings. The zero-order valence-corrected chi connectivity index (χ0v) is 11.4. The van der Waals surface area contributed by atoms with Crippen LogP contribution in [0.15, 0.2) is 0 Å². The Morgan fingerprint density at radius 3 is 1.19 bits per heavy atom. The van der Waals surface area contributed by atoms with Crippen LogP contribution in [0.3, 0.4) is 0 Å². The first-order valence-electron chi connectivity index (χ1n) is 4.62. The molecule has 0 atom stereocenters. The van der Waals surface area contributed by atoms with E-state index in [0.717, 1.165) is 0 Å². The highest BCUT2D eigenvalue weighted by molar-refractivity contribution is 7.38. The van der Waals surface area contributed by atoms with Crippen molar-refractivity contribution < 1.29 is 28.9 Å². The van der Waals surface area contributed by atoms with Gasteiger partial charge in [0, 0.05) is 0 Å². The number of carbonyl (C=O) groups excluding carboxylic acids is 1. The third kappa shape index (κ3) is 23.4. The van der Waals surface area contributed by atoms with Gasteiger partial charge in [-0.05, 0) is 41.5 Å². The Morgan fingerprint density at radius 1 is 0.875 bits per heavy atom. The van der Waals surface area contributed by atoms with Crippen molar-refractivity contribution in [2.24, 2.45) is 0 Å². The zero-order chi connectivity index (χ0) is 13.6. The highest BCUT2D eigenvalue weighted by Crippen LogP contribution is 2.13. The van der Waals surface area contributed by atoms with Gasteiger partial charge in [0.1, 0.15) is 11.2 Å². The summed E-state index contributed by atoms with van der Waals surface area (Å²) in [6.07, 6.45) is -0.616. The van der Waals surface area contributed by atoms with Crippen LogP contribution in [0.4, 0.5) is 4.79 Å². The van der Waals surface area contributed by atoms with E-state index in [-0.39, 0.29) is 0 Å². The Kier molecular flexibility index (Phi) is 7.87. The summed E-state index contributed by atoms with van der Waals surface area (Å²) in [5.74, 6) is 0. The molecule has 0 amide bonds. The first kappa shape index (κ1) is 18.0. The SMILES string of the molecule is CC(C)(C)OC(=O)OC(C)(C)C.OP(O)O. The molecule has 0 aromatic rings. The molecule has 16 heavy (non-hydrogen) atoms. The first-order chi connectivity index (χ1) is 6.83. The van der Waals surface area contributed by atoms with Crippen molar-refractivity contribution in [3.05, 3.63) is 0 Å². The van der Waals surface area contributed by atoms with E-state index in [1.807, 2.05) is 0 Å². The number of hydrogen-bond acceptors (Lipinski definition) is 6. The van der Waals surface area contributed by atoms with Gasteiger partial charge in [-0.25, -0.2) is 4.79 Å². The second-order valence-electron chi connectivity index (χ2n) is 4.95. The maximum absolute atomic E-state index is 11.0. The Hall–Kier alpha value is -0.420. The molecule has 0 aliphatic heterocycles. The van der Waals surface area contributed by atoms with E-state index in [4.69, 9.17) is 24.2 Å². The van der Waals surface area contributed by atoms with Crippen molar-refractivity contribution in [2.45, 2.75) is 52.7 Å². The first-order valence-corrected chi connectivity index (χ1v) is 5.82. The van der Waals surface area contributed by atoms with Crippen LogP contribution in [0.5, 0.6) is 0 Å². The van der Waals surface area contributed by atoms with E-state index in [1.54, 1.807) is 41.5 Å². The fourth-order valence-electron chi connectivity index (χ4n) is 0.521. The van der Waals surface area contributed by atoms with Crippen LogP contribution in [0.1, 0.15) is 41.5 Å². The van der Waals surface area contributed by atoms with Crippen LogP contribution in [0.2, 0.25) is 0 Å². The predicted molar refractivity (Wildman–Crippen MR) is 60.6 cm³/mol. The minimum absolute atomic E-state index is 0.484. The molecule has 0 aromatic heterocycles. The molecule has 0 bridgehead atoms. The van der Waals surface area contributed by atoms with Gasteiger partial charge in [0.25, 0.3) is 0 Å². The highest BCUT2D eigenvalue weighted by Gasteiger charge is 2.22. The monoisotopic (exact) mass is 256 g/mol. The van der Waals surface area contributed by atoms with Crippen LogP contribution < -0.4 is 0 Å². The van der Waals surface area contributed by atoms with Crippen molar-refractivity contribution in [3.63, 3.8) is 0 Å². The van der Waals surface area contributed by atoms with Gasteiger partial charge >= 0.3 is 14.8 Å². The summed E-state index contributed by atoms with van der Waals surface area (Å²) in [5, 5.41) is 0. The molecule has 0 unspecified atom stereocenters. The van der Waals surface area contributed by atoms with Crippen molar-refractivity contribution in [1.29, 1.82) is 0 Å². The zero-order valence-electron chi connectivity index (χ0n) is 10.5. The summed E-state index contributed by atoms with van der Waals surface area (Å²) in [7, 11) is -2.62. The molecule has 0 rings (SSSR count). The van der Waals surface area contributed by atoms with Gasteiger partial charge in [0.15, 0.2) is 0 Å². The van der Waals surface area contributed by atoms with Gasteiger partial charge in [0.05, 0.1) is 0 Å². The van der Waals surface area contributed by atoms with E-state index >= 15 is 0 Å². The van der Waals surface area contributed by atoms with Crippen LogP contribution >= 0.6 is 8.60 Å². The number of carbonyl (C=O) groups is 1. The molecule has 0 heterocycles. The Balaban J connectivity index is 0. The maximum Gasteiger partial charge on any atom is 0.509 e. The van der Waals surface area contributed by atoms with Crippen molar-refractivity contribution in [3.8, 4) is 0 Å². The summed E-state index contributed by atoms with van der Waals surface area (Å²) in [5.41, 5.74) is -0.968. The number of rotatable bonds is 0. The molecule has 0 aliphatic carbocycles. The van der Waals surface area contributed by atoms with E-state index in [1.165, 1.54) is 0 Å². The maximum atomic E-state index is 11.0. The van der Waals surface area contributed by atoms with Gasteiger partial charge in [-0.15, -0.1) is 0 Å². The smallest absolute Gasteiger partial charge is 0.429 e. The Morgan fingerprint density at radius 2 is 1.06 bits per heavy atom. The van der Waals surface area contributed by atoms with Crippen LogP contribution in [-0.2, 0) is 9.47 Å². The predicted octanol–water partition coefficient (Wildman–Crippen LogP) is 1.93. The quantitative estimate of drug-likeness (QED) is 0.452. The molecule has 0 spiro atoms. The van der Waals surface area contributed by atoms with Gasteiger partial charge in [-0.2, -0.15) is 0 Å². The number of hydrogen-bond donors (Lipinski definition) is 3. The molecule has 0 saturated heterocycles. The number of ether oxygens (including phenoxy) is 2. The molecule has 98 valence electrons. The second kappa shape index (κ2) is 7.01. The van der Waals surface area contributed by atoms with E-state index in [0.29, 0.717) is 0 Å². The topological polar surface area (TPSA) is 96.2 Å².